The number of hydrogen-bond acceptors (Lipinski definition) is 4. The topological polar surface area (TPSA) is 48.7 Å². The van der Waals surface area contributed by atoms with Crippen molar-refractivity contribution in [3.05, 3.63) is 24.2 Å². The van der Waals surface area contributed by atoms with E-state index in [-0.39, 0.29) is 5.91 Å². The number of hydrogen-bond donors (Lipinski definition) is 1. The Bertz CT molecular complexity index is 541. The van der Waals surface area contributed by atoms with Gasteiger partial charge in [0.2, 0.25) is 5.91 Å². The Hall–Kier alpha value is -1.33. The maximum atomic E-state index is 12.3. The van der Waals surface area contributed by atoms with E-state index >= 15 is 0 Å². The number of fused-ring (bicyclic) bond motifs is 4. The molecule has 4 aliphatic rings. The first-order chi connectivity index (χ1) is 11.8. The summed E-state index contributed by atoms with van der Waals surface area (Å²) in [7, 11) is 0. The van der Waals surface area contributed by atoms with Gasteiger partial charge in [0, 0.05) is 32.2 Å². The van der Waals surface area contributed by atoms with Gasteiger partial charge in [0.05, 0.1) is 19.4 Å². The number of amides is 1. The second-order valence-electron chi connectivity index (χ2n) is 7.90. The first-order valence-electron chi connectivity index (χ1n) is 9.52. The molecule has 1 N–H and O–H groups in total. The lowest BCUT2D eigenvalue weighted by atomic mass is 9.83. The van der Waals surface area contributed by atoms with Gasteiger partial charge in [-0.25, -0.2) is 0 Å². The molecule has 5 rings (SSSR count). The van der Waals surface area contributed by atoms with Gasteiger partial charge in [-0.2, -0.15) is 0 Å². The van der Waals surface area contributed by atoms with Crippen molar-refractivity contribution in [3.8, 4) is 0 Å². The Kier molecular flexibility index (Phi) is 4.90. The lowest BCUT2D eigenvalue weighted by molar-refractivity contribution is -0.122. The van der Waals surface area contributed by atoms with E-state index in [4.69, 9.17) is 4.42 Å². The van der Waals surface area contributed by atoms with Crippen molar-refractivity contribution >= 4 is 5.91 Å². The summed E-state index contributed by atoms with van der Waals surface area (Å²) in [6.07, 6.45) is 8.55. The molecule has 0 spiro atoms. The van der Waals surface area contributed by atoms with Crippen LogP contribution in [-0.2, 0) is 11.3 Å². The van der Waals surface area contributed by atoms with Crippen LogP contribution in [0, 0.1) is 11.8 Å². The van der Waals surface area contributed by atoms with Gasteiger partial charge in [-0.3, -0.25) is 14.6 Å². The van der Waals surface area contributed by atoms with Crippen LogP contribution in [0.3, 0.4) is 0 Å². The minimum atomic E-state index is 0.109. The molecule has 0 radical (unpaired) electrons. The summed E-state index contributed by atoms with van der Waals surface area (Å²) < 4.78 is 5.27. The van der Waals surface area contributed by atoms with E-state index in [0.717, 1.165) is 30.7 Å². The lowest BCUT2D eigenvalue weighted by Gasteiger charge is -2.40. The zero-order valence-corrected chi connectivity index (χ0v) is 14.5. The third kappa shape index (κ3) is 3.83. The van der Waals surface area contributed by atoms with Crippen LogP contribution in [0.25, 0.3) is 0 Å². The Morgan fingerprint density at radius 3 is 2.88 bits per heavy atom. The highest BCUT2D eigenvalue weighted by molar-refractivity contribution is 5.77. The van der Waals surface area contributed by atoms with Crippen LogP contribution in [0.15, 0.2) is 22.8 Å². The van der Waals surface area contributed by atoms with Crippen LogP contribution in [0.2, 0.25) is 0 Å². The van der Waals surface area contributed by atoms with E-state index in [1.165, 1.54) is 45.2 Å². The quantitative estimate of drug-likeness (QED) is 0.867. The highest BCUT2D eigenvalue weighted by Crippen LogP contribution is 2.33. The molecule has 1 aromatic rings. The fourth-order valence-electron chi connectivity index (χ4n) is 4.49. The summed E-state index contributed by atoms with van der Waals surface area (Å²) in [5.41, 5.74) is 0. The molecule has 5 nitrogen and oxygen atoms in total. The van der Waals surface area contributed by atoms with Crippen LogP contribution < -0.4 is 5.32 Å². The number of piperidine rings is 1. The summed E-state index contributed by atoms with van der Waals surface area (Å²) in [5, 5.41) is 2.98. The number of carbonyl (C=O) groups excluding carboxylic acids is 1. The molecule has 0 aromatic carbocycles. The largest absolute Gasteiger partial charge is 0.467 e. The van der Waals surface area contributed by atoms with Crippen molar-refractivity contribution in [2.75, 3.05) is 32.7 Å². The monoisotopic (exact) mass is 331 g/mol. The third-order valence-corrected chi connectivity index (χ3v) is 6.03. The van der Waals surface area contributed by atoms with Crippen LogP contribution in [0.1, 0.15) is 37.9 Å². The van der Waals surface area contributed by atoms with Gasteiger partial charge in [0.25, 0.3) is 0 Å². The van der Waals surface area contributed by atoms with Crippen molar-refractivity contribution < 1.29 is 9.21 Å². The standard InChI is InChI=1S/C19H29N3O2/c23-19(20-9-18-5-2-8-24-18)14-21-10-16-6-7-17(13-21)22(12-16)11-15-3-1-4-15/h2,5,8,15-17H,1,3-4,6-7,9-14H2,(H,20,23)/t16-,17+/m1/s1. The first kappa shape index (κ1) is 16.2. The van der Waals surface area contributed by atoms with Crippen LogP contribution >= 0.6 is 0 Å². The molecule has 1 saturated carbocycles. The molecule has 5 heteroatoms. The van der Waals surface area contributed by atoms with Crippen molar-refractivity contribution in [1.82, 2.24) is 15.1 Å². The number of rotatable bonds is 6. The zero-order valence-electron chi connectivity index (χ0n) is 14.5. The molecule has 1 amide bonds. The Morgan fingerprint density at radius 2 is 2.12 bits per heavy atom. The van der Waals surface area contributed by atoms with Gasteiger partial charge < -0.3 is 9.73 Å². The predicted octanol–water partition coefficient (Wildman–Crippen LogP) is 2.09. The van der Waals surface area contributed by atoms with Gasteiger partial charge in [-0.1, -0.05) is 6.42 Å². The molecule has 132 valence electrons. The van der Waals surface area contributed by atoms with Gasteiger partial charge in [-0.15, -0.1) is 0 Å². The van der Waals surface area contributed by atoms with Crippen molar-refractivity contribution in [2.45, 2.75) is 44.7 Å². The molecule has 4 fully saturated rings. The van der Waals surface area contributed by atoms with E-state index in [2.05, 4.69) is 15.1 Å². The number of furan rings is 1. The summed E-state index contributed by atoms with van der Waals surface area (Å²) in [6.45, 7) is 5.67. The average molecular weight is 331 g/mol. The van der Waals surface area contributed by atoms with Gasteiger partial charge in [-0.05, 0) is 49.7 Å². The SMILES string of the molecule is O=C(CN1C[C@H]2CC[C@@H](C1)N(CC1CCC1)C2)NCc1ccco1. The van der Waals surface area contributed by atoms with Crippen LogP contribution in [0.5, 0.6) is 0 Å². The maximum Gasteiger partial charge on any atom is 0.234 e. The van der Waals surface area contributed by atoms with Gasteiger partial charge >= 0.3 is 0 Å². The van der Waals surface area contributed by atoms with E-state index in [9.17, 15) is 4.79 Å². The smallest absolute Gasteiger partial charge is 0.234 e. The fourth-order valence-corrected chi connectivity index (χ4v) is 4.49. The van der Waals surface area contributed by atoms with E-state index < -0.39 is 0 Å². The predicted molar refractivity (Wildman–Crippen MR) is 92.4 cm³/mol. The molecule has 4 heterocycles. The average Bonchev–Trinajstić information content (AvgIpc) is 2.91. The minimum Gasteiger partial charge on any atom is -0.467 e. The van der Waals surface area contributed by atoms with Gasteiger partial charge in [0.15, 0.2) is 0 Å². The Balaban J connectivity index is 1.27. The highest BCUT2D eigenvalue weighted by Gasteiger charge is 2.36. The first-order valence-corrected chi connectivity index (χ1v) is 9.52. The second kappa shape index (κ2) is 7.28. The van der Waals surface area contributed by atoms with Crippen LogP contribution in [-0.4, -0.2) is 54.5 Å². The summed E-state index contributed by atoms with van der Waals surface area (Å²) in [4.78, 5) is 17.4. The molecule has 24 heavy (non-hydrogen) atoms. The van der Waals surface area contributed by atoms with Crippen molar-refractivity contribution in [2.24, 2.45) is 11.8 Å². The summed E-state index contributed by atoms with van der Waals surface area (Å²) in [6, 6.07) is 4.40. The molecule has 3 aliphatic heterocycles. The Morgan fingerprint density at radius 1 is 1.21 bits per heavy atom. The normalized spacial score (nSPS) is 28.5. The Labute approximate surface area is 144 Å². The maximum absolute atomic E-state index is 12.3. The van der Waals surface area contributed by atoms with Crippen molar-refractivity contribution in [3.63, 3.8) is 0 Å². The molecule has 1 aromatic heterocycles. The summed E-state index contributed by atoms with van der Waals surface area (Å²) in [5.74, 6) is 2.60. The molecule has 2 bridgehead atoms. The number of carbonyl (C=O) groups is 1. The zero-order chi connectivity index (χ0) is 16.4. The van der Waals surface area contributed by atoms with E-state index in [1.54, 1.807) is 6.26 Å². The number of nitrogens with one attached hydrogen (secondary N) is 1. The van der Waals surface area contributed by atoms with E-state index in [0.29, 0.717) is 19.1 Å². The minimum absolute atomic E-state index is 0.109. The highest BCUT2D eigenvalue weighted by atomic mass is 16.3. The molecular weight excluding hydrogens is 302 g/mol. The molecular formula is C19H29N3O2. The fraction of sp³-hybridized carbons (Fsp3) is 0.737. The van der Waals surface area contributed by atoms with Gasteiger partial charge in [0.1, 0.15) is 5.76 Å². The van der Waals surface area contributed by atoms with Crippen LogP contribution in [0.4, 0.5) is 0 Å². The molecule has 0 unspecified atom stereocenters. The summed E-state index contributed by atoms with van der Waals surface area (Å²) >= 11 is 0. The third-order valence-electron chi connectivity index (χ3n) is 6.03. The van der Waals surface area contributed by atoms with Crippen molar-refractivity contribution in [1.29, 1.82) is 0 Å². The molecule has 3 saturated heterocycles. The molecule has 2 atom stereocenters. The number of nitrogens with zero attached hydrogens (tertiary/aromatic N) is 2. The lowest BCUT2D eigenvalue weighted by Crippen LogP contribution is -2.47. The molecule has 1 aliphatic carbocycles. The second-order valence-corrected chi connectivity index (χ2v) is 7.90. The van der Waals surface area contributed by atoms with E-state index in [1.807, 2.05) is 12.1 Å².